The second kappa shape index (κ2) is 4.45. The summed E-state index contributed by atoms with van der Waals surface area (Å²) in [4.78, 5) is 2.45. The van der Waals surface area contributed by atoms with Crippen LogP contribution in [0.15, 0.2) is 6.07 Å². The molecule has 2 atom stereocenters. The van der Waals surface area contributed by atoms with Gasteiger partial charge in [-0.15, -0.1) is 0 Å². The minimum atomic E-state index is 0.522. The van der Waals surface area contributed by atoms with E-state index >= 15 is 0 Å². The maximum Gasteiger partial charge on any atom is 0.127 e. The van der Waals surface area contributed by atoms with Crippen LogP contribution in [-0.2, 0) is 7.05 Å². The van der Waals surface area contributed by atoms with Gasteiger partial charge in [-0.2, -0.15) is 5.10 Å². The molecule has 1 aliphatic rings. The van der Waals surface area contributed by atoms with E-state index in [9.17, 15) is 0 Å². The van der Waals surface area contributed by atoms with Crippen LogP contribution >= 0.6 is 0 Å². The van der Waals surface area contributed by atoms with Gasteiger partial charge >= 0.3 is 0 Å². The summed E-state index contributed by atoms with van der Waals surface area (Å²) in [5.41, 5.74) is 6.91. The second-order valence-corrected chi connectivity index (χ2v) is 4.84. The quantitative estimate of drug-likeness (QED) is 0.820. The number of nitrogens with two attached hydrogens (primary N) is 1. The average Bonchev–Trinajstić information content (AvgIpc) is 2.58. The summed E-state index contributed by atoms with van der Waals surface area (Å²) in [6, 6.07) is 2.68. The van der Waals surface area contributed by atoms with Crippen LogP contribution in [0.3, 0.4) is 0 Å². The van der Waals surface area contributed by atoms with Crippen molar-refractivity contribution in [2.24, 2.45) is 18.7 Å². The Balaban J connectivity index is 2.23. The topological polar surface area (TPSA) is 47.1 Å². The molecule has 2 N–H and O–H groups in total. The maximum absolute atomic E-state index is 5.83. The van der Waals surface area contributed by atoms with Crippen molar-refractivity contribution in [2.75, 3.05) is 18.0 Å². The molecule has 1 fully saturated rings. The van der Waals surface area contributed by atoms with Gasteiger partial charge in [-0.25, -0.2) is 0 Å². The Morgan fingerprint density at radius 3 is 2.88 bits per heavy atom. The first kappa shape index (κ1) is 11.5. The molecule has 0 amide bonds. The van der Waals surface area contributed by atoms with Crippen molar-refractivity contribution in [1.29, 1.82) is 0 Å². The zero-order valence-electron chi connectivity index (χ0n) is 10.5. The number of hydrogen-bond donors (Lipinski definition) is 1. The van der Waals surface area contributed by atoms with E-state index in [-0.39, 0.29) is 0 Å². The summed E-state index contributed by atoms with van der Waals surface area (Å²) in [6.45, 7) is 6.22. The standard InChI is InChI=1S/C12H22N4/c1-9-7-12(15(3)14-9)16-6-4-5-11(8-13)10(16)2/h7,10-11H,4-6,8,13H2,1-3H3/t10-,11-/m1/s1. The van der Waals surface area contributed by atoms with Gasteiger partial charge < -0.3 is 10.6 Å². The van der Waals surface area contributed by atoms with Crippen molar-refractivity contribution in [1.82, 2.24) is 9.78 Å². The molecule has 0 aromatic carbocycles. The van der Waals surface area contributed by atoms with E-state index in [4.69, 9.17) is 5.73 Å². The van der Waals surface area contributed by atoms with Crippen molar-refractivity contribution < 1.29 is 0 Å². The van der Waals surface area contributed by atoms with Crippen LogP contribution in [0.4, 0.5) is 5.82 Å². The lowest BCUT2D eigenvalue weighted by Gasteiger charge is -2.40. The van der Waals surface area contributed by atoms with Crippen LogP contribution in [0, 0.1) is 12.8 Å². The van der Waals surface area contributed by atoms with E-state index < -0.39 is 0 Å². The lowest BCUT2D eigenvalue weighted by atomic mass is 9.90. The third kappa shape index (κ3) is 1.94. The molecule has 4 nitrogen and oxygen atoms in total. The Morgan fingerprint density at radius 1 is 1.56 bits per heavy atom. The third-order valence-corrected chi connectivity index (χ3v) is 3.72. The first-order valence-corrected chi connectivity index (χ1v) is 6.11. The Morgan fingerprint density at radius 2 is 2.31 bits per heavy atom. The summed E-state index contributed by atoms with van der Waals surface area (Å²) in [7, 11) is 2.01. The highest BCUT2D eigenvalue weighted by molar-refractivity contribution is 5.42. The predicted octanol–water partition coefficient (Wildman–Crippen LogP) is 1.29. The minimum absolute atomic E-state index is 0.522. The summed E-state index contributed by atoms with van der Waals surface area (Å²) in [5, 5.41) is 4.42. The highest BCUT2D eigenvalue weighted by Gasteiger charge is 2.28. The highest BCUT2D eigenvalue weighted by atomic mass is 15.4. The van der Waals surface area contributed by atoms with E-state index in [0.29, 0.717) is 12.0 Å². The zero-order valence-corrected chi connectivity index (χ0v) is 10.5. The minimum Gasteiger partial charge on any atom is -0.354 e. The molecule has 1 saturated heterocycles. The summed E-state index contributed by atoms with van der Waals surface area (Å²) >= 11 is 0. The average molecular weight is 222 g/mol. The molecule has 2 heterocycles. The lowest BCUT2D eigenvalue weighted by molar-refractivity contribution is 0.341. The summed E-state index contributed by atoms with van der Waals surface area (Å²) in [6.07, 6.45) is 2.49. The number of hydrogen-bond acceptors (Lipinski definition) is 3. The molecule has 2 rings (SSSR count). The van der Waals surface area contributed by atoms with Gasteiger partial charge in [-0.05, 0) is 39.2 Å². The summed E-state index contributed by atoms with van der Waals surface area (Å²) < 4.78 is 1.98. The second-order valence-electron chi connectivity index (χ2n) is 4.84. The molecular formula is C12H22N4. The van der Waals surface area contributed by atoms with Crippen LogP contribution < -0.4 is 10.6 Å². The van der Waals surface area contributed by atoms with E-state index in [2.05, 4.69) is 23.0 Å². The van der Waals surface area contributed by atoms with Crippen LogP contribution in [0.5, 0.6) is 0 Å². The number of piperidine rings is 1. The number of aromatic nitrogens is 2. The number of nitrogens with zero attached hydrogens (tertiary/aromatic N) is 3. The van der Waals surface area contributed by atoms with Crippen LogP contribution in [0.2, 0.25) is 0 Å². The predicted molar refractivity (Wildman–Crippen MR) is 66.5 cm³/mol. The fourth-order valence-corrected chi connectivity index (χ4v) is 2.73. The maximum atomic E-state index is 5.83. The van der Waals surface area contributed by atoms with Gasteiger partial charge in [-0.1, -0.05) is 0 Å². The van der Waals surface area contributed by atoms with Crippen molar-refractivity contribution >= 4 is 5.82 Å². The zero-order chi connectivity index (χ0) is 11.7. The smallest absolute Gasteiger partial charge is 0.127 e. The molecule has 0 spiro atoms. The molecule has 1 aromatic heterocycles. The molecule has 0 saturated carbocycles. The van der Waals surface area contributed by atoms with E-state index in [1.165, 1.54) is 18.7 Å². The van der Waals surface area contributed by atoms with E-state index in [0.717, 1.165) is 18.8 Å². The normalized spacial score (nSPS) is 26.1. The van der Waals surface area contributed by atoms with Gasteiger partial charge in [0.05, 0.1) is 5.69 Å². The first-order valence-electron chi connectivity index (χ1n) is 6.11. The van der Waals surface area contributed by atoms with E-state index in [1.807, 2.05) is 18.7 Å². The number of aryl methyl sites for hydroxylation is 2. The largest absolute Gasteiger partial charge is 0.354 e. The first-order chi connectivity index (χ1) is 7.63. The number of anilines is 1. The fourth-order valence-electron chi connectivity index (χ4n) is 2.73. The van der Waals surface area contributed by atoms with E-state index in [1.54, 1.807) is 0 Å². The third-order valence-electron chi connectivity index (χ3n) is 3.72. The van der Waals surface area contributed by atoms with Crippen molar-refractivity contribution in [3.63, 3.8) is 0 Å². The van der Waals surface area contributed by atoms with Gasteiger partial charge in [0, 0.05) is 25.7 Å². The molecule has 90 valence electrons. The van der Waals surface area contributed by atoms with Crippen LogP contribution in [0.1, 0.15) is 25.5 Å². The Hall–Kier alpha value is -1.03. The molecular weight excluding hydrogens is 200 g/mol. The summed E-state index contributed by atoms with van der Waals surface area (Å²) in [5.74, 6) is 1.84. The Kier molecular flexibility index (Phi) is 3.19. The van der Waals surface area contributed by atoms with Crippen LogP contribution in [0.25, 0.3) is 0 Å². The van der Waals surface area contributed by atoms with Gasteiger partial charge in [0.25, 0.3) is 0 Å². The van der Waals surface area contributed by atoms with Crippen LogP contribution in [-0.4, -0.2) is 28.9 Å². The molecule has 0 bridgehead atoms. The monoisotopic (exact) mass is 222 g/mol. The SMILES string of the molecule is Cc1cc(N2CCC[C@H](CN)[C@H]2C)n(C)n1. The van der Waals surface area contributed by atoms with Gasteiger partial charge in [-0.3, -0.25) is 4.68 Å². The molecule has 0 radical (unpaired) electrons. The van der Waals surface area contributed by atoms with Gasteiger partial charge in [0.1, 0.15) is 5.82 Å². The van der Waals surface area contributed by atoms with Gasteiger partial charge in [0.15, 0.2) is 0 Å². The Labute approximate surface area is 97.4 Å². The van der Waals surface area contributed by atoms with Gasteiger partial charge in [0.2, 0.25) is 0 Å². The van der Waals surface area contributed by atoms with Crippen molar-refractivity contribution in [3.05, 3.63) is 11.8 Å². The highest BCUT2D eigenvalue weighted by Crippen LogP contribution is 2.28. The fraction of sp³-hybridized carbons (Fsp3) is 0.750. The lowest BCUT2D eigenvalue weighted by Crippen LogP contribution is -2.46. The molecule has 0 aliphatic carbocycles. The van der Waals surface area contributed by atoms with Crippen molar-refractivity contribution in [3.8, 4) is 0 Å². The Bertz CT molecular complexity index is 358. The molecule has 4 heteroatoms. The number of rotatable bonds is 2. The molecule has 1 aliphatic heterocycles. The van der Waals surface area contributed by atoms with Crippen molar-refractivity contribution in [2.45, 2.75) is 32.7 Å². The molecule has 1 aromatic rings. The molecule has 0 unspecified atom stereocenters. The molecule has 16 heavy (non-hydrogen) atoms.